The molecule has 5 heteroatoms. The van der Waals surface area contributed by atoms with Gasteiger partial charge in [0, 0.05) is 35.9 Å². The highest BCUT2D eigenvalue weighted by atomic mass is 32.1. The van der Waals surface area contributed by atoms with Crippen LogP contribution in [0.25, 0.3) is 0 Å². The van der Waals surface area contributed by atoms with Crippen LogP contribution < -0.4 is 15.4 Å². The zero-order valence-corrected chi connectivity index (χ0v) is 16.1. The Morgan fingerprint density at radius 1 is 1.15 bits per heavy atom. The van der Waals surface area contributed by atoms with Crippen molar-refractivity contribution in [1.82, 2.24) is 10.6 Å². The van der Waals surface area contributed by atoms with Crippen LogP contribution >= 0.6 is 12.2 Å². The van der Waals surface area contributed by atoms with Crippen molar-refractivity contribution in [3.63, 3.8) is 0 Å². The molecule has 4 nitrogen and oxygen atoms in total. The van der Waals surface area contributed by atoms with Crippen LogP contribution in [0, 0.1) is 6.92 Å². The summed E-state index contributed by atoms with van der Waals surface area (Å²) in [7, 11) is 0. The Labute approximate surface area is 159 Å². The number of aryl methyl sites for hydroxylation is 1. The van der Waals surface area contributed by atoms with Crippen molar-refractivity contribution in [3.05, 3.63) is 59.2 Å². The van der Waals surface area contributed by atoms with Gasteiger partial charge in [-0.05, 0) is 44.6 Å². The summed E-state index contributed by atoms with van der Waals surface area (Å²) in [5.74, 6) is 1.10. The number of fused-ring (bicyclic) bond motifs is 1. The van der Waals surface area contributed by atoms with Gasteiger partial charge >= 0.3 is 0 Å². The van der Waals surface area contributed by atoms with Crippen LogP contribution in [-0.2, 0) is 0 Å². The number of hydrogen-bond acceptors (Lipinski definition) is 3. The number of phenols is 1. The minimum atomic E-state index is -0.596. The largest absolute Gasteiger partial charge is 0.508 e. The van der Waals surface area contributed by atoms with E-state index in [0.717, 1.165) is 24.2 Å². The van der Waals surface area contributed by atoms with Gasteiger partial charge in [0.2, 0.25) is 0 Å². The van der Waals surface area contributed by atoms with E-state index in [2.05, 4.69) is 55.7 Å². The average molecular weight is 369 g/mol. The maximum atomic E-state index is 9.99. The molecule has 2 atom stereocenters. The Morgan fingerprint density at radius 2 is 1.96 bits per heavy atom. The van der Waals surface area contributed by atoms with Crippen LogP contribution in [0.5, 0.6) is 11.5 Å². The molecule has 4 rings (SSSR count). The lowest BCUT2D eigenvalue weighted by Gasteiger charge is -2.50. The highest BCUT2D eigenvalue weighted by Gasteiger charge is 2.48. The minimum absolute atomic E-state index is 0.170. The number of aromatic hydroxyl groups is 1. The molecule has 2 aromatic rings. The fraction of sp³-hybridized carbons (Fsp3) is 0.381. The van der Waals surface area contributed by atoms with Gasteiger partial charge in [0.15, 0.2) is 10.8 Å². The zero-order valence-electron chi connectivity index (χ0n) is 15.3. The van der Waals surface area contributed by atoms with Gasteiger partial charge in [0.1, 0.15) is 11.5 Å². The minimum Gasteiger partial charge on any atom is -0.508 e. The highest BCUT2D eigenvalue weighted by molar-refractivity contribution is 7.80. The molecule has 0 amide bonds. The van der Waals surface area contributed by atoms with Crippen molar-refractivity contribution in [2.24, 2.45) is 0 Å². The summed E-state index contributed by atoms with van der Waals surface area (Å²) < 4.78 is 6.43. The molecule has 136 valence electrons. The lowest BCUT2D eigenvalue weighted by Crippen LogP contribution is -2.69. The van der Waals surface area contributed by atoms with Gasteiger partial charge < -0.3 is 20.5 Å². The Hall–Kier alpha value is -2.27. The van der Waals surface area contributed by atoms with E-state index in [-0.39, 0.29) is 17.2 Å². The lowest BCUT2D eigenvalue weighted by molar-refractivity contribution is -0.0128. The number of thiocarbonyl (C=S) groups is 1. The van der Waals surface area contributed by atoms with E-state index in [1.165, 1.54) is 11.1 Å². The predicted molar refractivity (Wildman–Crippen MR) is 107 cm³/mol. The van der Waals surface area contributed by atoms with E-state index < -0.39 is 5.72 Å². The Kier molecular flexibility index (Phi) is 3.88. The SMILES string of the molecule is Cc1cccc([C@@H]2C[C@]3(CC(C)(C)NC(=S)N3)Oc3cc(O)ccc32)c1. The first-order valence-corrected chi connectivity index (χ1v) is 9.35. The first-order valence-electron chi connectivity index (χ1n) is 8.94. The van der Waals surface area contributed by atoms with Gasteiger partial charge in [0.05, 0.1) is 0 Å². The van der Waals surface area contributed by atoms with Crippen LogP contribution in [0.15, 0.2) is 42.5 Å². The first-order chi connectivity index (χ1) is 12.3. The number of hydrogen-bond donors (Lipinski definition) is 3. The second kappa shape index (κ2) is 5.88. The predicted octanol–water partition coefficient (Wildman–Crippen LogP) is 3.96. The molecule has 0 bridgehead atoms. The van der Waals surface area contributed by atoms with Crippen LogP contribution in [0.3, 0.4) is 0 Å². The maximum Gasteiger partial charge on any atom is 0.185 e. The molecule has 2 aliphatic heterocycles. The maximum absolute atomic E-state index is 9.99. The van der Waals surface area contributed by atoms with Crippen LogP contribution in [-0.4, -0.2) is 21.5 Å². The fourth-order valence-corrected chi connectivity index (χ4v) is 4.77. The molecule has 1 saturated heterocycles. The molecule has 0 unspecified atom stereocenters. The van der Waals surface area contributed by atoms with E-state index in [4.69, 9.17) is 17.0 Å². The van der Waals surface area contributed by atoms with E-state index in [1.54, 1.807) is 12.1 Å². The van der Waals surface area contributed by atoms with Gasteiger partial charge in [-0.2, -0.15) is 0 Å². The molecule has 1 spiro atoms. The molecule has 2 aromatic carbocycles. The van der Waals surface area contributed by atoms with Gasteiger partial charge in [-0.1, -0.05) is 35.9 Å². The summed E-state index contributed by atoms with van der Waals surface area (Å²) in [5.41, 5.74) is 2.82. The van der Waals surface area contributed by atoms with Crippen LogP contribution in [0.2, 0.25) is 0 Å². The quantitative estimate of drug-likeness (QED) is 0.665. The first kappa shape index (κ1) is 17.2. The number of phenolic OH excluding ortho intramolecular Hbond substituents is 1. The average Bonchev–Trinajstić information content (AvgIpc) is 2.51. The second-order valence-electron chi connectivity index (χ2n) is 8.13. The van der Waals surface area contributed by atoms with Gasteiger partial charge in [-0.3, -0.25) is 0 Å². The van der Waals surface area contributed by atoms with Crippen molar-refractivity contribution in [2.45, 2.75) is 50.8 Å². The molecular weight excluding hydrogens is 344 g/mol. The molecule has 2 heterocycles. The summed E-state index contributed by atoms with van der Waals surface area (Å²) in [6, 6.07) is 14.0. The standard InChI is InChI=1S/C21H24N2O2S/c1-13-5-4-6-14(9-13)17-11-21(12-20(2,3)22-19(26)23-21)25-18-10-15(24)7-8-16(17)18/h4-10,17,24H,11-12H2,1-3H3,(H2,22,23,26)/t17-,21+/m0/s1. The number of ether oxygens (including phenoxy) is 1. The Morgan fingerprint density at radius 3 is 2.69 bits per heavy atom. The lowest BCUT2D eigenvalue weighted by atomic mass is 9.77. The van der Waals surface area contributed by atoms with Crippen molar-refractivity contribution < 1.29 is 9.84 Å². The Balaban J connectivity index is 1.83. The van der Waals surface area contributed by atoms with Crippen LogP contribution in [0.1, 0.15) is 49.3 Å². The molecular formula is C21H24N2O2S. The molecule has 0 aliphatic carbocycles. The molecule has 26 heavy (non-hydrogen) atoms. The van der Waals surface area contributed by atoms with Crippen LogP contribution in [0.4, 0.5) is 0 Å². The third kappa shape index (κ3) is 3.12. The smallest absolute Gasteiger partial charge is 0.185 e. The van der Waals surface area contributed by atoms with Crippen molar-refractivity contribution in [3.8, 4) is 11.5 Å². The van der Waals surface area contributed by atoms with Crippen molar-refractivity contribution in [2.75, 3.05) is 0 Å². The third-order valence-electron chi connectivity index (χ3n) is 5.18. The number of nitrogens with one attached hydrogen (secondary N) is 2. The summed E-state index contributed by atoms with van der Waals surface area (Å²) >= 11 is 5.46. The summed E-state index contributed by atoms with van der Waals surface area (Å²) in [5, 5.41) is 17.3. The normalized spacial score (nSPS) is 26.4. The highest BCUT2D eigenvalue weighted by Crippen LogP contribution is 2.47. The molecule has 0 aromatic heterocycles. The molecule has 0 radical (unpaired) electrons. The van der Waals surface area contributed by atoms with E-state index >= 15 is 0 Å². The second-order valence-corrected chi connectivity index (χ2v) is 8.54. The van der Waals surface area contributed by atoms with Crippen molar-refractivity contribution >= 4 is 17.3 Å². The zero-order chi connectivity index (χ0) is 18.5. The van der Waals surface area contributed by atoms with Gasteiger partial charge in [-0.15, -0.1) is 0 Å². The summed E-state index contributed by atoms with van der Waals surface area (Å²) in [4.78, 5) is 0. The molecule has 1 fully saturated rings. The van der Waals surface area contributed by atoms with Gasteiger partial charge in [0.25, 0.3) is 0 Å². The summed E-state index contributed by atoms with van der Waals surface area (Å²) in [6.45, 7) is 6.37. The number of rotatable bonds is 1. The molecule has 3 N–H and O–H groups in total. The van der Waals surface area contributed by atoms with Crippen molar-refractivity contribution in [1.29, 1.82) is 0 Å². The number of benzene rings is 2. The molecule has 0 saturated carbocycles. The third-order valence-corrected chi connectivity index (χ3v) is 5.38. The fourth-order valence-electron chi connectivity index (χ4n) is 4.31. The topological polar surface area (TPSA) is 53.5 Å². The molecule has 2 aliphatic rings. The van der Waals surface area contributed by atoms with E-state index in [9.17, 15) is 5.11 Å². The van der Waals surface area contributed by atoms with Gasteiger partial charge in [-0.25, -0.2) is 0 Å². The van der Waals surface area contributed by atoms with E-state index in [1.807, 2.05) is 6.07 Å². The summed E-state index contributed by atoms with van der Waals surface area (Å²) in [6.07, 6.45) is 1.54. The Bertz CT molecular complexity index is 880. The van der Waals surface area contributed by atoms with E-state index in [0.29, 0.717) is 5.11 Å². The monoisotopic (exact) mass is 368 g/mol.